The third-order valence-electron chi connectivity index (χ3n) is 3.08. The number of urea groups is 1. The van der Waals surface area contributed by atoms with Crippen LogP contribution >= 0.6 is 0 Å². The Morgan fingerprint density at radius 2 is 2.43 bits per heavy atom. The van der Waals surface area contributed by atoms with E-state index in [9.17, 15) is 9.59 Å². The fourth-order valence-corrected chi connectivity index (χ4v) is 2.35. The average molecular weight is 197 g/mol. The molecule has 5 nitrogen and oxygen atoms in total. The molecule has 2 aliphatic heterocycles. The molecule has 2 aliphatic rings. The van der Waals surface area contributed by atoms with E-state index in [-0.39, 0.29) is 23.9 Å². The molecular formula is C9H15N3O2. The van der Waals surface area contributed by atoms with Gasteiger partial charge in [0.2, 0.25) is 5.91 Å². The van der Waals surface area contributed by atoms with E-state index in [1.807, 2.05) is 0 Å². The van der Waals surface area contributed by atoms with Crippen molar-refractivity contribution in [2.75, 3.05) is 20.1 Å². The van der Waals surface area contributed by atoms with Crippen LogP contribution in [0.15, 0.2) is 0 Å². The number of carbonyl (C=O) groups is 2. The summed E-state index contributed by atoms with van der Waals surface area (Å²) in [5.74, 6) is 0.115. The number of fused-ring (bicyclic) bond motifs is 1. The highest BCUT2D eigenvalue weighted by atomic mass is 16.2. The molecule has 2 atom stereocenters. The first-order valence-corrected chi connectivity index (χ1v) is 5.00. The highest BCUT2D eigenvalue weighted by Gasteiger charge is 2.42. The second-order valence-electron chi connectivity index (χ2n) is 3.81. The van der Waals surface area contributed by atoms with Crippen LogP contribution in [-0.2, 0) is 4.79 Å². The quantitative estimate of drug-likeness (QED) is 0.552. The zero-order valence-corrected chi connectivity index (χ0v) is 8.25. The van der Waals surface area contributed by atoms with Crippen molar-refractivity contribution in [3.63, 3.8) is 0 Å². The number of rotatable bonds is 0. The molecule has 2 unspecified atom stereocenters. The Balaban J connectivity index is 2.12. The zero-order chi connectivity index (χ0) is 10.1. The van der Waals surface area contributed by atoms with Crippen LogP contribution in [0.1, 0.15) is 12.8 Å². The van der Waals surface area contributed by atoms with Gasteiger partial charge in [-0.15, -0.1) is 0 Å². The number of piperidine rings is 1. The minimum Gasteiger partial charge on any atom is -0.354 e. The monoisotopic (exact) mass is 197 g/mol. The van der Waals surface area contributed by atoms with E-state index in [1.54, 1.807) is 11.9 Å². The van der Waals surface area contributed by atoms with E-state index in [0.717, 1.165) is 19.4 Å². The molecular weight excluding hydrogens is 182 g/mol. The van der Waals surface area contributed by atoms with Gasteiger partial charge in [-0.05, 0) is 12.8 Å². The number of likely N-dealkylation sites (tertiary alicyclic amines) is 1. The first kappa shape index (κ1) is 9.30. The summed E-state index contributed by atoms with van der Waals surface area (Å²) in [7, 11) is 1.62. The maximum absolute atomic E-state index is 11.5. The van der Waals surface area contributed by atoms with Gasteiger partial charge in [0.15, 0.2) is 0 Å². The molecule has 78 valence electrons. The zero-order valence-electron chi connectivity index (χ0n) is 8.25. The maximum Gasteiger partial charge on any atom is 0.317 e. The molecule has 3 amide bonds. The second-order valence-corrected chi connectivity index (χ2v) is 3.81. The molecule has 0 spiro atoms. The Morgan fingerprint density at radius 1 is 1.64 bits per heavy atom. The fraction of sp³-hybridized carbons (Fsp3) is 0.778. The molecule has 14 heavy (non-hydrogen) atoms. The lowest BCUT2D eigenvalue weighted by molar-refractivity contribution is -0.123. The summed E-state index contributed by atoms with van der Waals surface area (Å²) >= 11 is 0. The normalized spacial score (nSPS) is 30.9. The number of amides is 3. The van der Waals surface area contributed by atoms with E-state index in [1.165, 1.54) is 0 Å². The molecule has 0 radical (unpaired) electrons. The molecule has 0 bridgehead atoms. The van der Waals surface area contributed by atoms with Gasteiger partial charge in [0.05, 0.1) is 12.0 Å². The van der Waals surface area contributed by atoms with Crippen molar-refractivity contribution >= 4 is 11.9 Å². The van der Waals surface area contributed by atoms with Gasteiger partial charge in [-0.25, -0.2) is 4.79 Å². The van der Waals surface area contributed by atoms with Crippen LogP contribution in [0.4, 0.5) is 4.79 Å². The van der Waals surface area contributed by atoms with Crippen LogP contribution in [0.25, 0.3) is 0 Å². The van der Waals surface area contributed by atoms with Crippen LogP contribution in [0, 0.1) is 5.92 Å². The van der Waals surface area contributed by atoms with E-state index in [4.69, 9.17) is 0 Å². The van der Waals surface area contributed by atoms with Crippen molar-refractivity contribution in [1.82, 2.24) is 15.5 Å². The number of hydrogen-bond donors (Lipinski definition) is 2. The van der Waals surface area contributed by atoms with E-state index < -0.39 is 0 Å². The van der Waals surface area contributed by atoms with Crippen molar-refractivity contribution in [3.05, 3.63) is 0 Å². The summed E-state index contributed by atoms with van der Waals surface area (Å²) in [6.45, 7) is 1.37. The first-order valence-electron chi connectivity index (χ1n) is 5.00. The van der Waals surface area contributed by atoms with E-state index >= 15 is 0 Å². The van der Waals surface area contributed by atoms with Crippen molar-refractivity contribution in [2.45, 2.75) is 18.9 Å². The lowest BCUT2D eigenvalue weighted by atomic mass is 9.92. The van der Waals surface area contributed by atoms with E-state index in [0.29, 0.717) is 6.54 Å². The summed E-state index contributed by atoms with van der Waals surface area (Å²) in [4.78, 5) is 24.7. The number of nitrogens with zero attached hydrogens (tertiary/aromatic N) is 1. The summed E-state index contributed by atoms with van der Waals surface area (Å²) in [5, 5.41) is 5.42. The van der Waals surface area contributed by atoms with Gasteiger partial charge in [0.25, 0.3) is 0 Å². The van der Waals surface area contributed by atoms with Gasteiger partial charge >= 0.3 is 6.03 Å². The largest absolute Gasteiger partial charge is 0.354 e. The van der Waals surface area contributed by atoms with Crippen molar-refractivity contribution < 1.29 is 9.59 Å². The third kappa shape index (κ3) is 1.32. The molecule has 2 N–H and O–H groups in total. The van der Waals surface area contributed by atoms with Gasteiger partial charge < -0.3 is 15.5 Å². The second kappa shape index (κ2) is 3.48. The predicted molar refractivity (Wildman–Crippen MR) is 50.7 cm³/mol. The van der Waals surface area contributed by atoms with Crippen LogP contribution in [0.5, 0.6) is 0 Å². The molecule has 0 aromatic heterocycles. The maximum atomic E-state index is 11.5. The lowest BCUT2D eigenvalue weighted by Gasteiger charge is -2.35. The summed E-state index contributed by atoms with van der Waals surface area (Å²) in [6.07, 6.45) is 1.83. The summed E-state index contributed by atoms with van der Waals surface area (Å²) in [5.41, 5.74) is 0. The SMILES string of the molecule is CNC(=O)N1CCCC2C(=O)NCC21. The van der Waals surface area contributed by atoms with Crippen LogP contribution in [0.3, 0.4) is 0 Å². The smallest absolute Gasteiger partial charge is 0.317 e. The van der Waals surface area contributed by atoms with E-state index in [2.05, 4.69) is 10.6 Å². The lowest BCUT2D eigenvalue weighted by Crippen LogP contribution is -2.51. The standard InChI is InChI=1S/C9H15N3O2/c1-10-9(14)12-4-2-3-6-7(12)5-11-8(6)13/h6-7H,2-5H2,1H3,(H,10,14)(H,11,13). The summed E-state index contributed by atoms with van der Waals surface area (Å²) < 4.78 is 0. The fourth-order valence-electron chi connectivity index (χ4n) is 2.35. The molecule has 0 saturated carbocycles. The Hall–Kier alpha value is -1.26. The Labute approximate surface area is 82.8 Å². The molecule has 2 rings (SSSR count). The number of nitrogens with one attached hydrogen (secondary N) is 2. The minimum absolute atomic E-state index is 0.0149. The van der Waals surface area contributed by atoms with Crippen LogP contribution in [-0.4, -0.2) is 43.0 Å². The molecule has 0 aromatic rings. The van der Waals surface area contributed by atoms with Gasteiger partial charge in [-0.2, -0.15) is 0 Å². The number of carbonyl (C=O) groups excluding carboxylic acids is 2. The highest BCUT2D eigenvalue weighted by molar-refractivity contribution is 5.84. The Morgan fingerprint density at radius 3 is 3.14 bits per heavy atom. The predicted octanol–water partition coefficient (Wildman–Crippen LogP) is -0.464. The summed E-state index contributed by atoms with van der Waals surface area (Å²) in [6, 6.07) is -0.00704. The Bertz CT molecular complexity index is 267. The van der Waals surface area contributed by atoms with Crippen LogP contribution in [0.2, 0.25) is 0 Å². The highest BCUT2D eigenvalue weighted by Crippen LogP contribution is 2.26. The Kier molecular flexibility index (Phi) is 2.31. The first-order chi connectivity index (χ1) is 6.74. The van der Waals surface area contributed by atoms with Gasteiger partial charge in [0, 0.05) is 20.1 Å². The molecule has 0 aromatic carbocycles. The molecule has 2 heterocycles. The van der Waals surface area contributed by atoms with Crippen molar-refractivity contribution in [1.29, 1.82) is 0 Å². The van der Waals surface area contributed by atoms with Gasteiger partial charge in [-0.3, -0.25) is 4.79 Å². The van der Waals surface area contributed by atoms with Gasteiger partial charge in [0.1, 0.15) is 0 Å². The molecule has 5 heteroatoms. The third-order valence-corrected chi connectivity index (χ3v) is 3.08. The van der Waals surface area contributed by atoms with Crippen molar-refractivity contribution in [3.8, 4) is 0 Å². The van der Waals surface area contributed by atoms with Crippen molar-refractivity contribution in [2.24, 2.45) is 5.92 Å². The number of hydrogen-bond acceptors (Lipinski definition) is 2. The van der Waals surface area contributed by atoms with Crippen LogP contribution < -0.4 is 10.6 Å². The minimum atomic E-state index is -0.0730. The van der Waals surface area contributed by atoms with Gasteiger partial charge in [-0.1, -0.05) is 0 Å². The molecule has 2 fully saturated rings. The molecule has 2 saturated heterocycles. The molecule has 0 aliphatic carbocycles. The average Bonchev–Trinajstić information content (AvgIpc) is 2.59. The topological polar surface area (TPSA) is 61.4 Å².